The van der Waals surface area contributed by atoms with E-state index in [1.165, 1.54) is 5.69 Å². The third-order valence-corrected chi connectivity index (χ3v) is 2.78. The second kappa shape index (κ2) is 9.50. The molecule has 0 spiro atoms. The fourth-order valence-corrected chi connectivity index (χ4v) is 1.88. The number of carbonyl (C=O) groups is 1. The van der Waals surface area contributed by atoms with Crippen LogP contribution in [0, 0.1) is 13.8 Å². The quantitative estimate of drug-likeness (QED) is 0.514. The first kappa shape index (κ1) is 16.7. The van der Waals surface area contributed by atoms with Crippen LogP contribution >= 0.6 is 0 Å². The molecular formula is C14H25N3O3. The first-order chi connectivity index (χ1) is 9.63. The SMILES string of the molecule is CCOC(=O)COCCNCCCn1nc(C)cc1C. The molecule has 1 N–H and O–H groups in total. The lowest BCUT2D eigenvalue weighted by atomic mass is 10.4. The van der Waals surface area contributed by atoms with Gasteiger partial charge in [-0.05, 0) is 39.8 Å². The summed E-state index contributed by atoms with van der Waals surface area (Å²) in [5.41, 5.74) is 2.25. The van der Waals surface area contributed by atoms with Gasteiger partial charge in [-0.3, -0.25) is 4.68 Å². The normalized spacial score (nSPS) is 10.8. The van der Waals surface area contributed by atoms with Gasteiger partial charge in [-0.1, -0.05) is 0 Å². The van der Waals surface area contributed by atoms with Crippen LogP contribution in [0.4, 0.5) is 0 Å². The highest BCUT2D eigenvalue weighted by Crippen LogP contribution is 2.01. The van der Waals surface area contributed by atoms with E-state index in [1.807, 2.05) is 11.6 Å². The summed E-state index contributed by atoms with van der Waals surface area (Å²) in [7, 11) is 0. The molecule has 20 heavy (non-hydrogen) atoms. The molecule has 0 aromatic carbocycles. The van der Waals surface area contributed by atoms with Crippen LogP contribution in [0.1, 0.15) is 24.7 Å². The van der Waals surface area contributed by atoms with Gasteiger partial charge in [0, 0.05) is 18.8 Å². The molecule has 0 saturated heterocycles. The number of aromatic nitrogens is 2. The summed E-state index contributed by atoms with van der Waals surface area (Å²) < 4.78 is 12.0. The van der Waals surface area contributed by atoms with Gasteiger partial charge < -0.3 is 14.8 Å². The van der Waals surface area contributed by atoms with Gasteiger partial charge in [-0.2, -0.15) is 5.10 Å². The van der Waals surface area contributed by atoms with E-state index in [0.717, 1.165) is 31.7 Å². The molecule has 114 valence electrons. The molecule has 0 bridgehead atoms. The molecule has 0 fully saturated rings. The van der Waals surface area contributed by atoms with Crippen molar-refractivity contribution in [3.63, 3.8) is 0 Å². The van der Waals surface area contributed by atoms with Crippen LogP contribution < -0.4 is 5.32 Å². The van der Waals surface area contributed by atoms with Crippen molar-refractivity contribution in [1.29, 1.82) is 0 Å². The standard InChI is InChI=1S/C14H25N3O3/c1-4-20-14(18)11-19-9-7-15-6-5-8-17-13(3)10-12(2)16-17/h10,15H,4-9,11H2,1-3H3. The van der Waals surface area contributed by atoms with Gasteiger partial charge in [0.1, 0.15) is 6.61 Å². The van der Waals surface area contributed by atoms with Crippen molar-refractivity contribution in [3.05, 3.63) is 17.5 Å². The third-order valence-electron chi connectivity index (χ3n) is 2.78. The highest BCUT2D eigenvalue weighted by Gasteiger charge is 2.01. The monoisotopic (exact) mass is 283 g/mol. The van der Waals surface area contributed by atoms with E-state index in [9.17, 15) is 4.79 Å². The molecule has 0 radical (unpaired) electrons. The summed E-state index contributed by atoms with van der Waals surface area (Å²) in [6, 6.07) is 2.08. The second-order valence-corrected chi connectivity index (χ2v) is 4.61. The average Bonchev–Trinajstić information content (AvgIpc) is 2.71. The molecule has 0 amide bonds. The Hall–Kier alpha value is -1.40. The molecule has 6 nitrogen and oxygen atoms in total. The summed E-state index contributed by atoms with van der Waals surface area (Å²) in [6.45, 7) is 9.34. The maximum Gasteiger partial charge on any atom is 0.332 e. The van der Waals surface area contributed by atoms with Crippen molar-refractivity contribution >= 4 is 5.97 Å². The summed E-state index contributed by atoms with van der Waals surface area (Å²) in [4.78, 5) is 11.0. The second-order valence-electron chi connectivity index (χ2n) is 4.61. The fourth-order valence-electron chi connectivity index (χ4n) is 1.88. The van der Waals surface area contributed by atoms with Gasteiger partial charge >= 0.3 is 5.97 Å². The lowest BCUT2D eigenvalue weighted by molar-refractivity contribution is -0.148. The highest BCUT2D eigenvalue weighted by atomic mass is 16.6. The minimum absolute atomic E-state index is 0.0290. The first-order valence-electron chi connectivity index (χ1n) is 7.08. The van der Waals surface area contributed by atoms with Gasteiger partial charge in [-0.25, -0.2) is 4.79 Å². The van der Waals surface area contributed by atoms with E-state index >= 15 is 0 Å². The number of aryl methyl sites for hydroxylation is 3. The van der Waals surface area contributed by atoms with E-state index < -0.39 is 0 Å². The van der Waals surface area contributed by atoms with Crippen LogP contribution in [0.3, 0.4) is 0 Å². The summed E-state index contributed by atoms with van der Waals surface area (Å²) in [5, 5.41) is 7.68. The van der Waals surface area contributed by atoms with Crippen molar-refractivity contribution in [1.82, 2.24) is 15.1 Å². The molecule has 1 aromatic heterocycles. The number of ether oxygens (including phenoxy) is 2. The molecule has 0 aliphatic heterocycles. The fraction of sp³-hybridized carbons (Fsp3) is 0.714. The summed E-state index contributed by atoms with van der Waals surface area (Å²) in [6.07, 6.45) is 1.01. The van der Waals surface area contributed by atoms with Crippen LogP contribution in [0.25, 0.3) is 0 Å². The zero-order valence-corrected chi connectivity index (χ0v) is 12.6. The lowest BCUT2D eigenvalue weighted by Gasteiger charge is -2.07. The molecule has 0 aliphatic rings. The van der Waals surface area contributed by atoms with Crippen molar-refractivity contribution in [3.8, 4) is 0 Å². The summed E-state index contributed by atoms with van der Waals surface area (Å²) >= 11 is 0. The Morgan fingerprint density at radius 3 is 2.85 bits per heavy atom. The Kier molecular flexibility index (Phi) is 7.91. The van der Waals surface area contributed by atoms with Gasteiger partial charge in [0.05, 0.1) is 18.9 Å². The van der Waals surface area contributed by atoms with Gasteiger partial charge in [-0.15, -0.1) is 0 Å². The Morgan fingerprint density at radius 2 is 2.20 bits per heavy atom. The number of carbonyl (C=O) groups excluding carboxylic acids is 1. The maximum absolute atomic E-state index is 11.0. The van der Waals surface area contributed by atoms with Gasteiger partial charge in [0.25, 0.3) is 0 Å². The van der Waals surface area contributed by atoms with Crippen molar-refractivity contribution < 1.29 is 14.3 Å². The minimum Gasteiger partial charge on any atom is -0.464 e. The highest BCUT2D eigenvalue weighted by molar-refractivity contribution is 5.70. The molecule has 0 atom stereocenters. The Balaban J connectivity index is 1.95. The van der Waals surface area contributed by atoms with Crippen LogP contribution in [0.2, 0.25) is 0 Å². The number of hydrogen-bond donors (Lipinski definition) is 1. The molecule has 1 rings (SSSR count). The van der Waals surface area contributed by atoms with E-state index in [0.29, 0.717) is 13.2 Å². The van der Waals surface area contributed by atoms with Crippen molar-refractivity contribution in [2.24, 2.45) is 0 Å². The van der Waals surface area contributed by atoms with E-state index in [1.54, 1.807) is 6.92 Å². The lowest BCUT2D eigenvalue weighted by Crippen LogP contribution is -2.23. The van der Waals surface area contributed by atoms with E-state index in [-0.39, 0.29) is 12.6 Å². The van der Waals surface area contributed by atoms with Crippen LogP contribution in [-0.2, 0) is 20.8 Å². The van der Waals surface area contributed by atoms with E-state index in [2.05, 4.69) is 23.4 Å². The molecule has 0 unspecified atom stereocenters. The Bertz CT molecular complexity index is 404. The topological polar surface area (TPSA) is 65.4 Å². The molecule has 0 saturated carbocycles. The smallest absolute Gasteiger partial charge is 0.332 e. The van der Waals surface area contributed by atoms with Crippen LogP contribution in [0.15, 0.2) is 6.07 Å². The number of rotatable bonds is 10. The van der Waals surface area contributed by atoms with E-state index in [4.69, 9.17) is 9.47 Å². The molecule has 1 heterocycles. The van der Waals surface area contributed by atoms with Gasteiger partial charge in [0.15, 0.2) is 0 Å². The molecule has 0 aliphatic carbocycles. The third kappa shape index (κ3) is 6.68. The maximum atomic E-state index is 11.0. The van der Waals surface area contributed by atoms with Crippen LogP contribution in [0.5, 0.6) is 0 Å². The number of hydrogen-bond acceptors (Lipinski definition) is 5. The zero-order chi connectivity index (χ0) is 14.8. The zero-order valence-electron chi connectivity index (χ0n) is 12.6. The van der Waals surface area contributed by atoms with Gasteiger partial charge in [0.2, 0.25) is 0 Å². The molecule has 6 heteroatoms. The largest absolute Gasteiger partial charge is 0.464 e. The van der Waals surface area contributed by atoms with Crippen LogP contribution in [-0.4, -0.2) is 48.7 Å². The predicted molar refractivity (Wildman–Crippen MR) is 76.6 cm³/mol. The Morgan fingerprint density at radius 1 is 1.40 bits per heavy atom. The first-order valence-corrected chi connectivity index (χ1v) is 7.08. The van der Waals surface area contributed by atoms with Crippen molar-refractivity contribution in [2.45, 2.75) is 33.7 Å². The minimum atomic E-state index is -0.308. The molecular weight excluding hydrogens is 258 g/mol. The number of esters is 1. The predicted octanol–water partition coefficient (Wildman–Crippen LogP) is 1.06. The number of nitrogens with one attached hydrogen (secondary N) is 1. The van der Waals surface area contributed by atoms with Crippen molar-refractivity contribution in [2.75, 3.05) is 32.9 Å². The molecule has 1 aromatic rings. The average molecular weight is 283 g/mol. The number of nitrogens with zero attached hydrogens (tertiary/aromatic N) is 2. The summed E-state index contributed by atoms with van der Waals surface area (Å²) in [5.74, 6) is -0.308. The Labute approximate surface area is 120 Å².